The average Bonchev–Trinajstić information content (AvgIpc) is 2.49. The van der Waals surface area contributed by atoms with E-state index in [4.69, 9.17) is 9.05 Å². The Morgan fingerprint density at radius 1 is 1.21 bits per heavy atom. The van der Waals surface area contributed by atoms with Crippen molar-refractivity contribution in [1.82, 2.24) is 0 Å². The molecule has 0 amide bonds. The second kappa shape index (κ2) is 7.26. The molecule has 0 spiro atoms. The molecule has 4 nitrogen and oxygen atoms in total. The number of hydrogen-bond acceptors (Lipinski definition) is 3. The first-order valence-electron chi connectivity index (χ1n) is 8.33. The number of allylic oxidation sites excluding steroid dienone is 2. The van der Waals surface area contributed by atoms with Crippen molar-refractivity contribution in [2.75, 3.05) is 0 Å². The number of phosphoric acid groups is 1. The molecule has 0 bridgehead atoms. The van der Waals surface area contributed by atoms with Crippen molar-refractivity contribution in [2.24, 2.45) is 11.8 Å². The number of rotatable bonds is 6. The number of benzene rings is 1. The van der Waals surface area contributed by atoms with Gasteiger partial charge in [0.2, 0.25) is 0 Å². The first kappa shape index (κ1) is 19.0. The SMILES string of the molecule is Cc1ccccc1OP(=O)(O)OC1(C(C)C)C=CC(C(C)C)=CC1. The Hall–Kier alpha value is -1.35. The summed E-state index contributed by atoms with van der Waals surface area (Å²) < 4.78 is 23.6. The molecule has 1 aromatic carbocycles. The fraction of sp³-hybridized carbons (Fsp3) is 0.474. The van der Waals surface area contributed by atoms with E-state index in [1.165, 1.54) is 5.57 Å². The lowest BCUT2D eigenvalue weighted by molar-refractivity contribution is 0.0396. The number of aryl methyl sites for hydroxylation is 1. The van der Waals surface area contributed by atoms with E-state index in [1.807, 2.05) is 45.1 Å². The summed E-state index contributed by atoms with van der Waals surface area (Å²) in [6.07, 6.45) is 6.52. The van der Waals surface area contributed by atoms with Crippen LogP contribution in [-0.2, 0) is 9.09 Å². The number of para-hydroxylation sites is 1. The zero-order chi connectivity index (χ0) is 18.0. The van der Waals surface area contributed by atoms with Gasteiger partial charge in [-0.05, 0) is 42.4 Å². The zero-order valence-corrected chi connectivity index (χ0v) is 15.9. The highest BCUT2D eigenvalue weighted by atomic mass is 31.2. The molecular formula is C19H27O4P. The lowest BCUT2D eigenvalue weighted by atomic mass is 9.81. The third-order valence-electron chi connectivity index (χ3n) is 4.45. The Bertz CT molecular complexity index is 690. The molecule has 1 aliphatic carbocycles. The highest BCUT2D eigenvalue weighted by molar-refractivity contribution is 7.47. The molecule has 0 saturated heterocycles. The molecule has 132 valence electrons. The van der Waals surface area contributed by atoms with Crippen LogP contribution in [0.1, 0.15) is 39.7 Å². The van der Waals surface area contributed by atoms with Gasteiger partial charge in [0.1, 0.15) is 11.4 Å². The molecule has 0 aliphatic heterocycles. The maximum atomic E-state index is 12.6. The number of phosphoric ester groups is 1. The number of hydrogen-bond donors (Lipinski definition) is 1. The van der Waals surface area contributed by atoms with E-state index < -0.39 is 13.4 Å². The molecule has 0 aromatic heterocycles. The Labute approximate surface area is 144 Å². The lowest BCUT2D eigenvalue weighted by Gasteiger charge is -2.37. The van der Waals surface area contributed by atoms with Gasteiger partial charge in [-0.1, -0.05) is 64.1 Å². The van der Waals surface area contributed by atoms with Crippen molar-refractivity contribution < 1.29 is 18.5 Å². The molecule has 2 unspecified atom stereocenters. The van der Waals surface area contributed by atoms with E-state index in [1.54, 1.807) is 12.1 Å². The zero-order valence-electron chi connectivity index (χ0n) is 15.0. The largest absolute Gasteiger partial charge is 0.528 e. The van der Waals surface area contributed by atoms with Gasteiger partial charge in [0, 0.05) is 0 Å². The summed E-state index contributed by atoms with van der Waals surface area (Å²) >= 11 is 0. The summed E-state index contributed by atoms with van der Waals surface area (Å²) in [7, 11) is -4.25. The molecular weight excluding hydrogens is 323 g/mol. The highest BCUT2D eigenvalue weighted by Crippen LogP contribution is 2.52. The molecule has 2 rings (SSSR count). The predicted octanol–water partition coefficient (Wildman–Crippen LogP) is 5.43. The molecule has 5 heteroatoms. The van der Waals surface area contributed by atoms with E-state index in [0.717, 1.165) is 5.56 Å². The van der Waals surface area contributed by atoms with Crippen LogP contribution in [0.15, 0.2) is 48.1 Å². The molecule has 0 radical (unpaired) electrons. The van der Waals surface area contributed by atoms with Crippen molar-refractivity contribution in [1.29, 1.82) is 0 Å². The van der Waals surface area contributed by atoms with E-state index in [0.29, 0.717) is 18.1 Å². The summed E-state index contributed by atoms with van der Waals surface area (Å²) in [5.74, 6) is 0.802. The van der Waals surface area contributed by atoms with Gasteiger partial charge in [0.05, 0.1) is 0 Å². The topological polar surface area (TPSA) is 55.8 Å². The summed E-state index contributed by atoms with van der Waals surface area (Å²) in [4.78, 5) is 10.3. The van der Waals surface area contributed by atoms with Crippen molar-refractivity contribution in [3.63, 3.8) is 0 Å². The standard InChI is InChI=1S/C19H27O4P/c1-14(2)17-10-12-19(13-11-17,15(3)4)23-24(20,21)22-18-9-7-6-8-16(18)5/h6-12,14-15H,13H2,1-5H3,(H,20,21). The van der Waals surface area contributed by atoms with E-state index in [2.05, 4.69) is 19.9 Å². The molecule has 0 fully saturated rings. The van der Waals surface area contributed by atoms with Crippen LogP contribution >= 0.6 is 7.82 Å². The van der Waals surface area contributed by atoms with Crippen LogP contribution in [0, 0.1) is 18.8 Å². The van der Waals surface area contributed by atoms with Crippen LogP contribution < -0.4 is 4.52 Å². The molecule has 1 aromatic rings. The molecule has 0 heterocycles. The highest BCUT2D eigenvalue weighted by Gasteiger charge is 2.41. The third-order valence-corrected chi connectivity index (χ3v) is 5.45. The normalized spacial score (nSPS) is 23.2. The van der Waals surface area contributed by atoms with Crippen LogP contribution in [0.3, 0.4) is 0 Å². The van der Waals surface area contributed by atoms with Gasteiger partial charge in [0.25, 0.3) is 0 Å². The second-order valence-corrected chi connectivity index (χ2v) is 8.22. The minimum Gasteiger partial charge on any atom is -0.404 e. The Balaban J connectivity index is 2.21. The molecule has 24 heavy (non-hydrogen) atoms. The smallest absolute Gasteiger partial charge is 0.404 e. The predicted molar refractivity (Wildman–Crippen MR) is 97.0 cm³/mol. The van der Waals surface area contributed by atoms with Crippen molar-refractivity contribution in [3.05, 3.63) is 53.6 Å². The maximum absolute atomic E-state index is 12.6. The lowest BCUT2D eigenvalue weighted by Crippen LogP contribution is -2.37. The van der Waals surface area contributed by atoms with Crippen LogP contribution in [0.5, 0.6) is 5.75 Å². The van der Waals surface area contributed by atoms with Crippen LogP contribution in [0.4, 0.5) is 0 Å². The van der Waals surface area contributed by atoms with Gasteiger partial charge < -0.3 is 4.52 Å². The van der Waals surface area contributed by atoms with Crippen molar-refractivity contribution in [3.8, 4) is 5.75 Å². The van der Waals surface area contributed by atoms with Crippen LogP contribution in [-0.4, -0.2) is 10.5 Å². The van der Waals surface area contributed by atoms with Gasteiger partial charge >= 0.3 is 7.82 Å². The summed E-state index contributed by atoms with van der Waals surface area (Å²) in [6, 6.07) is 7.10. The summed E-state index contributed by atoms with van der Waals surface area (Å²) in [5, 5.41) is 0. The minimum atomic E-state index is -4.25. The molecule has 1 aliphatic rings. The monoisotopic (exact) mass is 350 g/mol. The summed E-state index contributed by atoms with van der Waals surface area (Å²) in [6.45, 7) is 10.0. The Morgan fingerprint density at radius 3 is 2.38 bits per heavy atom. The van der Waals surface area contributed by atoms with Crippen molar-refractivity contribution >= 4 is 7.82 Å². The van der Waals surface area contributed by atoms with E-state index >= 15 is 0 Å². The van der Waals surface area contributed by atoms with Crippen LogP contribution in [0.2, 0.25) is 0 Å². The minimum absolute atomic E-state index is 0.0275. The van der Waals surface area contributed by atoms with Gasteiger partial charge in [-0.15, -0.1) is 0 Å². The second-order valence-electron chi connectivity index (χ2n) is 6.92. The van der Waals surface area contributed by atoms with E-state index in [-0.39, 0.29) is 5.92 Å². The average molecular weight is 350 g/mol. The van der Waals surface area contributed by atoms with Crippen LogP contribution in [0.25, 0.3) is 0 Å². The Morgan fingerprint density at radius 2 is 1.88 bits per heavy atom. The molecule has 2 atom stereocenters. The van der Waals surface area contributed by atoms with E-state index in [9.17, 15) is 9.46 Å². The van der Waals surface area contributed by atoms with Gasteiger partial charge in [-0.3, -0.25) is 9.42 Å². The Kier molecular flexibility index (Phi) is 5.74. The van der Waals surface area contributed by atoms with Gasteiger partial charge in [-0.2, -0.15) is 0 Å². The third kappa shape index (κ3) is 4.38. The fourth-order valence-corrected chi connectivity index (χ4v) is 3.96. The first-order chi connectivity index (χ1) is 11.2. The first-order valence-corrected chi connectivity index (χ1v) is 9.83. The quantitative estimate of drug-likeness (QED) is 0.695. The molecule has 1 N–H and O–H groups in total. The fourth-order valence-electron chi connectivity index (χ4n) is 2.70. The van der Waals surface area contributed by atoms with Crippen molar-refractivity contribution in [2.45, 2.75) is 46.6 Å². The van der Waals surface area contributed by atoms with Gasteiger partial charge in [-0.25, -0.2) is 4.57 Å². The summed E-state index contributed by atoms with van der Waals surface area (Å²) in [5.41, 5.74) is 1.16. The maximum Gasteiger partial charge on any atom is 0.528 e. The molecule has 0 saturated carbocycles. The van der Waals surface area contributed by atoms with Gasteiger partial charge in [0.15, 0.2) is 0 Å².